The molecule has 1 aromatic rings. The molecular formula is C15H21BrN2O5S. The molecule has 1 saturated heterocycles. The van der Waals surface area contributed by atoms with Gasteiger partial charge in [0, 0.05) is 24.7 Å². The van der Waals surface area contributed by atoms with E-state index in [9.17, 15) is 13.2 Å². The highest BCUT2D eigenvalue weighted by atomic mass is 79.9. The molecule has 1 fully saturated rings. The van der Waals surface area contributed by atoms with Crippen molar-refractivity contribution in [3.63, 3.8) is 0 Å². The first-order valence-corrected chi connectivity index (χ1v) is 10.1. The van der Waals surface area contributed by atoms with Crippen LogP contribution in [0.1, 0.15) is 23.2 Å². The number of likely N-dealkylation sites (tertiary alicyclic amines) is 1. The smallest absolute Gasteiger partial charge is 0.254 e. The summed E-state index contributed by atoms with van der Waals surface area (Å²) in [5.41, 5.74) is 0.474. The fraction of sp³-hybridized carbons (Fsp3) is 0.533. The monoisotopic (exact) mass is 420 g/mol. The van der Waals surface area contributed by atoms with E-state index in [-0.39, 0.29) is 11.9 Å². The number of sulfonamides is 1. The van der Waals surface area contributed by atoms with Gasteiger partial charge in [0.15, 0.2) is 0 Å². The van der Waals surface area contributed by atoms with Crippen molar-refractivity contribution in [1.82, 2.24) is 9.62 Å². The first kappa shape index (κ1) is 19.0. The van der Waals surface area contributed by atoms with Crippen molar-refractivity contribution in [3.05, 3.63) is 22.2 Å². The molecule has 1 aliphatic heterocycles. The highest BCUT2D eigenvalue weighted by molar-refractivity contribution is 9.10. The van der Waals surface area contributed by atoms with Crippen LogP contribution in [0.25, 0.3) is 0 Å². The second-order valence-electron chi connectivity index (χ2n) is 5.65. The predicted molar refractivity (Wildman–Crippen MR) is 94.2 cm³/mol. The summed E-state index contributed by atoms with van der Waals surface area (Å²) in [6.45, 7) is 0.986. The van der Waals surface area contributed by atoms with Crippen LogP contribution in [0.4, 0.5) is 0 Å². The lowest BCUT2D eigenvalue weighted by Gasteiger charge is -2.32. The predicted octanol–water partition coefficient (Wildman–Crippen LogP) is 1.62. The van der Waals surface area contributed by atoms with Crippen LogP contribution in [-0.4, -0.2) is 58.8 Å². The molecule has 1 aromatic carbocycles. The normalized spacial score (nSPS) is 16.1. The van der Waals surface area contributed by atoms with Gasteiger partial charge in [0.1, 0.15) is 16.0 Å². The molecule has 0 unspecified atom stereocenters. The van der Waals surface area contributed by atoms with Gasteiger partial charge in [-0.1, -0.05) is 0 Å². The van der Waals surface area contributed by atoms with Crippen molar-refractivity contribution >= 4 is 31.9 Å². The topological polar surface area (TPSA) is 84.9 Å². The Kier molecular flexibility index (Phi) is 6.11. The molecule has 1 heterocycles. The number of benzene rings is 1. The van der Waals surface area contributed by atoms with Gasteiger partial charge in [0.05, 0.1) is 20.5 Å². The van der Waals surface area contributed by atoms with Gasteiger partial charge in [-0.3, -0.25) is 4.79 Å². The summed E-state index contributed by atoms with van der Waals surface area (Å²) in [6.07, 6.45) is 2.32. The van der Waals surface area contributed by atoms with Crippen LogP contribution in [-0.2, 0) is 10.0 Å². The molecule has 0 saturated carbocycles. The summed E-state index contributed by atoms with van der Waals surface area (Å²) < 4.78 is 36.3. The number of nitrogens with zero attached hydrogens (tertiary/aromatic N) is 1. The second-order valence-corrected chi connectivity index (χ2v) is 8.22. The van der Waals surface area contributed by atoms with Gasteiger partial charge in [0.2, 0.25) is 10.0 Å². The average molecular weight is 421 g/mol. The van der Waals surface area contributed by atoms with E-state index in [1.165, 1.54) is 14.2 Å². The molecule has 134 valence electrons. The van der Waals surface area contributed by atoms with Crippen LogP contribution in [0.3, 0.4) is 0 Å². The first-order chi connectivity index (χ1) is 11.2. The zero-order valence-electron chi connectivity index (χ0n) is 13.8. The molecule has 1 amide bonds. The molecule has 0 aliphatic carbocycles. The number of nitrogens with one attached hydrogen (secondary N) is 1. The van der Waals surface area contributed by atoms with E-state index in [4.69, 9.17) is 9.47 Å². The summed E-state index contributed by atoms with van der Waals surface area (Å²) in [4.78, 5) is 14.4. The highest BCUT2D eigenvalue weighted by Crippen LogP contribution is 2.36. The molecule has 9 heteroatoms. The van der Waals surface area contributed by atoms with E-state index in [0.29, 0.717) is 47.5 Å². The van der Waals surface area contributed by atoms with Crippen molar-refractivity contribution in [2.24, 2.45) is 0 Å². The summed E-state index contributed by atoms with van der Waals surface area (Å²) in [5, 5.41) is 0. The van der Waals surface area contributed by atoms with Crippen molar-refractivity contribution < 1.29 is 22.7 Å². The van der Waals surface area contributed by atoms with Crippen molar-refractivity contribution in [2.45, 2.75) is 18.9 Å². The van der Waals surface area contributed by atoms with Crippen LogP contribution in [0.5, 0.6) is 11.5 Å². The van der Waals surface area contributed by atoms with Crippen LogP contribution < -0.4 is 14.2 Å². The van der Waals surface area contributed by atoms with E-state index >= 15 is 0 Å². The molecule has 0 spiro atoms. The van der Waals surface area contributed by atoms with Gasteiger partial charge in [-0.25, -0.2) is 13.1 Å². The van der Waals surface area contributed by atoms with Gasteiger partial charge in [-0.15, -0.1) is 0 Å². The fourth-order valence-corrected chi connectivity index (χ4v) is 4.07. The quantitative estimate of drug-likeness (QED) is 0.781. The molecule has 2 rings (SSSR count). The Morgan fingerprint density at radius 1 is 1.21 bits per heavy atom. The molecule has 1 aliphatic rings. The third kappa shape index (κ3) is 4.61. The summed E-state index contributed by atoms with van der Waals surface area (Å²) in [6, 6.07) is 3.20. The number of ether oxygens (including phenoxy) is 2. The zero-order chi connectivity index (χ0) is 17.9. The minimum Gasteiger partial charge on any atom is -0.495 e. The van der Waals surface area contributed by atoms with E-state index in [1.54, 1.807) is 17.0 Å². The van der Waals surface area contributed by atoms with Crippen LogP contribution in [0.2, 0.25) is 0 Å². The Labute approximate surface area is 150 Å². The summed E-state index contributed by atoms with van der Waals surface area (Å²) in [5.74, 6) is 0.912. The van der Waals surface area contributed by atoms with E-state index < -0.39 is 10.0 Å². The number of methoxy groups -OCH3 is 2. The van der Waals surface area contributed by atoms with Crippen LogP contribution in [0.15, 0.2) is 16.6 Å². The molecule has 7 nitrogen and oxygen atoms in total. The minimum atomic E-state index is -3.23. The fourth-order valence-electron chi connectivity index (χ4n) is 2.68. The lowest BCUT2D eigenvalue weighted by atomic mass is 10.0. The maximum Gasteiger partial charge on any atom is 0.254 e. The zero-order valence-corrected chi connectivity index (χ0v) is 16.2. The van der Waals surface area contributed by atoms with Crippen LogP contribution in [0, 0.1) is 0 Å². The van der Waals surface area contributed by atoms with Crippen molar-refractivity contribution in [3.8, 4) is 11.5 Å². The molecule has 0 radical (unpaired) electrons. The number of carbonyl (C=O) groups excluding carboxylic acids is 1. The van der Waals surface area contributed by atoms with Gasteiger partial charge in [-0.2, -0.15) is 0 Å². The number of hydrogen-bond acceptors (Lipinski definition) is 5. The lowest BCUT2D eigenvalue weighted by molar-refractivity contribution is 0.0710. The average Bonchev–Trinajstić information content (AvgIpc) is 2.53. The summed E-state index contributed by atoms with van der Waals surface area (Å²) in [7, 11) is -0.180. The number of halogens is 1. The maximum absolute atomic E-state index is 12.7. The third-order valence-electron chi connectivity index (χ3n) is 3.86. The number of piperidine rings is 1. The van der Waals surface area contributed by atoms with E-state index in [0.717, 1.165) is 6.26 Å². The number of amides is 1. The molecule has 1 N–H and O–H groups in total. The SMILES string of the molecule is COc1cc(C(=O)N2CCC(NS(C)(=O)=O)CC2)cc(OC)c1Br. The molecule has 0 aromatic heterocycles. The number of carbonyl (C=O) groups is 1. The Hall–Kier alpha value is -1.32. The minimum absolute atomic E-state index is 0.127. The highest BCUT2D eigenvalue weighted by Gasteiger charge is 2.26. The largest absolute Gasteiger partial charge is 0.495 e. The van der Waals surface area contributed by atoms with Gasteiger partial charge in [0.25, 0.3) is 5.91 Å². The molecule has 0 atom stereocenters. The standard InChI is InChI=1S/C15H21BrN2O5S/c1-22-12-8-10(9-13(23-2)14(12)16)15(19)18-6-4-11(5-7-18)17-24(3,20)21/h8-9,11,17H,4-7H2,1-3H3. The third-order valence-corrected chi connectivity index (χ3v) is 5.40. The van der Waals surface area contributed by atoms with Crippen molar-refractivity contribution in [2.75, 3.05) is 33.6 Å². The first-order valence-electron chi connectivity index (χ1n) is 7.43. The van der Waals surface area contributed by atoms with E-state index in [1.807, 2.05) is 0 Å². The van der Waals surface area contributed by atoms with Gasteiger partial charge in [-0.05, 0) is 40.9 Å². The molecule has 24 heavy (non-hydrogen) atoms. The second kappa shape index (κ2) is 7.71. The van der Waals surface area contributed by atoms with Gasteiger partial charge >= 0.3 is 0 Å². The Balaban J connectivity index is 2.11. The number of rotatable bonds is 5. The molecular weight excluding hydrogens is 400 g/mol. The Morgan fingerprint density at radius 2 is 1.71 bits per heavy atom. The maximum atomic E-state index is 12.7. The molecule has 0 bridgehead atoms. The Morgan fingerprint density at radius 3 is 2.12 bits per heavy atom. The summed E-state index contributed by atoms with van der Waals surface area (Å²) >= 11 is 3.38. The lowest BCUT2D eigenvalue weighted by Crippen LogP contribution is -2.46. The van der Waals surface area contributed by atoms with Crippen molar-refractivity contribution in [1.29, 1.82) is 0 Å². The Bertz CT molecular complexity index is 690. The van der Waals surface area contributed by atoms with Crippen LogP contribution >= 0.6 is 15.9 Å². The van der Waals surface area contributed by atoms with Gasteiger partial charge < -0.3 is 14.4 Å². The van der Waals surface area contributed by atoms with E-state index in [2.05, 4.69) is 20.7 Å². The number of hydrogen-bond donors (Lipinski definition) is 1.